The maximum Gasteiger partial charge on any atom is 0.0264 e. The number of nitrogens with one attached hydrogen (secondary N) is 1. The maximum atomic E-state index is 3.69. The zero-order chi connectivity index (χ0) is 11.7. The quantitative estimate of drug-likeness (QED) is 0.795. The highest BCUT2D eigenvalue weighted by atomic mass is 15.3. The van der Waals surface area contributed by atoms with Crippen LogP contribution in [0.25, 0.3) is 0 Å². The maximum absolute atomic E-state index is 3.69. The van der Waals surface area contributed by atoms with Gasteiger partial charge in [0, 0.05) is 37.8 Å². The van der Waals surface area contributed by atoms with Gasteiger partial charge in [-0.2, -0.15) is 0 Å². The average Bonchev–Trinajstić information content (AvgIpc) is 3.01. The molecule has 3 heterocycles. The molecule has 3 rings (SSSR count). The SMILES string of the molecule is CCCNC1CCN(C2CCN3CCCC23)C1. The van der Waals surface area contributed by atoms with Crippen molar-refractivity contribution in [1.82, 2.24) is 15.1 Å². The van der Waals surface area contributed by atoms with Crippen LogP contribution >= 0.6 is 0 Å². The third kappa shape index (κ3) is 2.38. The van der Waals surface area contributed by atoms with Gasteiger partial charge >= 0.3 is 0 Å². The summed E-state index contributed by atoms with van der Waals surface area (Å²) in [6.07, 6.45) is 6.94. The molecule has 3 heteroatoms. The van der Waals surface area contributed by atoms with E-state index in [0.717, 1.165) is 18.1 Å². The van der Waals surface area contributed by atoms with Crippen molar-refractivity contribution in [3.05, 3.63) is 0 Å². The van der Waals surface area contributed by atoms with E-state index in [-0.39, 0.29) is 0 Å². The number of hydrogen-bond donors (Lipinski definition) is 1. The Bertz CT molecular complexity index is 256. The van der Waals surface area contributed by atoms with Crippen molar-refractivity contribution in [2.75, 3.05) is 32.7 Å². The lowest BCUT2D eigenvalue weighted by Gasteiger charge is -2.29. The Hall–Kier alpha value is -0.120. The van der Waals surface area contributed by atoms with Gasteiger partial charge in [-0.1, -0.05) is 6.92 Å². The lowest BCUT2D eigenvalue weighted by Crippen LogP contribution is -2.43. The third-order valence-corrected chi connectivity index (χ3v) is 4.94. The summed E-state index contributed by atoms with van der Waals surface area (Å²) in [5, 5.41) is 3.69. The molecule has 1 N–H and O–H groups in total. The van der Waals surface area contributed by atoms with E-state index in [2.05, 4.69) is 22.0 Å². The smallest absolute Gasteiger partial charge is 0.0264 e. The number of hydrogen-bond acceptors (Lipinski definition) is 3. The topological polar surface area (TPSA) is 18.5 Å². The lowest BCUT2D eigenvalue weighted by atomic mass is 10.1. The van der Waals surface area contributed by atoms with Crippen molar-refractivity contribution in [2.45, 2.75) is 57.2 Å². The van der Waals surface area contributed by atoms with E-state index in [4.69, 9.17) is 0 Å². The van der Waals surface area contributed by atoms with Crippen molar-refractivity contribution in [2.24, 2.45) is 0 Å². The van der Waals surface area contributed by atoms with Crippen LogP contribution in [0, 0.1) is 0 Å². The molecule has 3 unspecified atom stereocenters. The first-order valence-electron chi connectivity index (χ1n) is 7.60. The minimum Gasteiger partial charge on any atom is -0.313 e. The highest BCUT2D eigenvalue weighted by molar-refractivity contribution is 4.99. The monoisotopic (exact) mass is 237 g/mol. The molecule has 3 atom stereocenters. The number of rotatable bonds is 4. The van der Waals surface area contributed by atoms with Crippen LogP contribution in [-0.2, 0) is 0 Å². The summed E-state index contributed by atoms with van der Waals surface area (Å²) in [4.78, 5) is 5.51. The Labute approximate surface area is 106 Å². The van der Waals surface area contributed by atoms with Gasteiger partial charge in [0.05, 0.1) is 0 Å². The van der Waals surface area contributed by atoms with Crippen LogP contribution in [0.15, 0.2) is 0 Å². The van der Waals surface area contributed by atoms with Gasteiger partial charge in [0.25, 0.3) is 0 Å². The fraction of sp³-hybridized carbons (Fsp3) is 1.00. The number of likely N-dealkylation sites (tertiary alicyclic amines) is 1. The van der Waals surface area contributed by atoms with E-state index >= 15 is 0 Å². The molecule has 0 bridgehead atoms. The minimum absolute atomic E-state index is 0.769. The molecule has 0 aromatic heterocycles. The summed E-state index contributed by atoms with van der Waals surface area (Å²) >= 11 is 0. The predicted octanol–water partition coefficient (Wildman–Crippen LogP) is 1.30. The van der Waals surface area contributed by atoms with Gasteiger partial charge in [-0.05, 0) is 45.2 Å². The zero-order valence-corrected chi connectivity index (χ0v) is 11.2. The standard InChI is InChI=1S/C14H27N3/c1-2-7-15-12-5-9-17(11-12)14-6-10-16-8-3-4-13(14)16/h12-15H,2-11H2,1H3. The Balaban J connectivity index is 1.52. The molecular formula is C14H27N3. The lowest BCUT2D eigenvalue weighted by molar-refractivity contribution is 0.188. The first-order chi connectivity index (χ1) is 8.38. The molecule has 0 amide bonds. The van der Waals surface area contributed by atoms with E-state index < -0.39 is 0 Å². The van der Waals surface area contributed by atoms with E-state index in [1.165, 1.54) is 64.8 Å². The molecular weight excluding hydrogens is 210 g/mol. The highest BCUT2D eigenvalue weighted by Crippen LogP contribution is 2.32. The Morgan fingerprint density at radius 3 is 2.71 bits per heavy atom. The predicted molar refractivity (Wildman–Crippen MR) is 71.3 cm³/mol. The first kappa shape index (κ1) is 11.9. The second kappa shape index (κ2) is 5.25. The first-order valence-corrected chi connectivity index (χ1v) is 7.60. The summed E-state index contributed by atoms with van der Waals surface area (Å²) in [7, 11) is 0. The minimum atomic E-state index is 0.769. The largest absolute Gasteiger partial charge is 0.313 e. The van der Waals surface area contributed by atoms with E-state index in [9.17, 15) is 0 Å². The third-order valence-electron chi connectivity index (χ3n) is 4.94. The summed E-state index contributed by atoms with van der Waals surface area (Å²) in [6.45, 7) is 8.81. The number of fused-ring (bicyclic) bond motifs is 1. The van der Waals surface area contributed by atoms with Crippen molar-refractivity contribution >= 4 is 0 Å². The normalized spacial score (nSPS) is 39.0. The van der Waals surface area contributed by atoms with E-state index in [1.807, 2.05) is 0 Å². The molecule has 98 valence electrons. The highest BCUT2D eigenvalue weighted by Gasteiger charge is 2.41. The van der Waals surface area contributed by atoms with Gasteiger partial charge in [0.15, 0.2) is 0 Å². The molecule has 0 aromatic rings. The van der Waals surface area contributed by atoms with Crippen LogP contribution in [0.4, 0.5) is 0 Å². The van der Waals surface area contributed by atoms with Gasteiger partial charge in [0.1, 0.15) is 0 Å². The van der Waals surface area contributed by atoms with Crippen molar-refractivity contribution in [3.8, 4) is 0 Å². The van der Waals surface area contributed by atoms with Crippen LogP contribution in [0.1, 0.15) is 39.0 Å². The molecule has 3 aliphatic rings. The van der Waals surface area contributed by atoms with Crippen LogP contribution in [-0.4, -0.2) is 60.6 Å². The van der Waals surface area contributed by atoms with Gasteiger partial charge in [-0.15, -0.1) is 0 Å². The summed E-state index contributed by atoms with van der Waals surface area (Å²) < 4.78 is 0. The van der Waals surface area contributed by atoms with Crippen LogP contribution in [0.5, 0.6) is 0 Å². The van der Waals surface area contributed by atoms with E-state index in [1.54, 1.807) is 0 Å². The Kier molecular flexibility index (Phi) is 3.69. The molecule has 17 heavy (non-hydrogen) atoms. The molecule has 3 saturated heterocycles. The Morgan fingerprint density at radius 1 is 1.00 bits per heavy atom. The van der Waals surface area contributed by atoms with Gasteiger partial charge < -0.3 is 5.32 Å². The molecule has 0 spiro atoms. The summed E-state index contributed by atoms with van der Waals surface area (Å²) in [6, 6.07) is 2.55. The van der Waals surface area contributed by atoms with Crippen molar-refractivity contribution in [3.63, 3.8) is 0 Å². The second-order valence-corrected chi connectivity index (χ2v) is 6.04. The molecule has 3 aliphatic heterocycles. The van der Waals surface area contributed by atoms with Gasteiger partial charge in [0.2, 0.25) is 0 Å². The van der Waals surface area contributed by atoms with Crippen LogP contribution in [0.2, 0.25) is 0 Å². The summed E-state index contributed by atoms with van der Waals surface area (Å²) in [5.41, 5.74) is 0. The molecule has 0 radical (unpaired) electrons. The molecule has 3 fully saturated rings. The van der Waals surface area contributed by atoms with Gasteiger partial charge in [-0.25, -0.2) is 0 Å². The van der Waals surface area contributed by atoms with E-state index in [0.29, 0.717) is 0 Å². The van der Waals surface area contributed by atoms with Crippen LogP contribution in [0.3, 0.4) is 0 Å². The van der Waals surface area contributed by atoms with Crippen molar-refractivity contribution in [1.29, 1.82) is 0 Å². The second-order valence-electron chi connectivity index (χ2n) is 6.04. The summed E-state index contributed by atoms with van der Waals surface area (Å²) in [5.74, 6) is 0. The van der Waals surface area contributed by atoms with Gasteiger partial charge in [-0.3, -0.25) is 9.80 Å². The molecule has 0 saturated carbocycles. The average molecular weight is 237 g/mol. The van der Waals surface area contributed by atoms with Crippen LogP contribution < -0.4 is 5.32 Å². The number of nitrogens with zero attached hydrogens (tertiary/aromatic N) is 2. The molecule has 3 nitrogen and oxygen atoms in total. The fourth-order valence-electron chi connectivity index (χ4n) is 4.09. The molecule has 0 aromatic carbocycles. The molecule has 0 aliphatic carbocycles. The fourth-order valence-corrected chi connectivity index (χ4v) is 4.09. The Morgan fingerprint density at radius 2 is 1.82 bits per heavy atom. The van der Waals surface area contributed by atoms with Crippen molar-refractivity contribution < 1.29 is 0 Å². The zero-order valence-electron chi connectivity index (χ0n) is 11.2.